The summed E-state index contributed by atoms with van der Waals surface area (Å²) in [6, 6.07) is 8.69. The third kappa shape index (κ3) is 9.37. The monoisotopic (exact) mass is 618 g/mol. The average molecular weight is 619 g/mol. The van der Waals surface area contributed by atoms with Gasteiger partial charge in [-0.05, 0) is 55.3 Å². The van der Waals surface area contributed by atoms with Gasteiger partial charge in [-0.2, -0.15) is 17.5 Å². The summed E-state index contributed by atoms with van der Waals surface area (Å²) in [4.78, 5) is 40.0. The molecular weight excluding hydrogens is 592 g/mol. The standard InChI is InChI=1S/C29H26F4N4O5S/c1-17(28(40)41)5-4-12-43(2,42)37-26(38)20-14-19(25(34)35-16-20)9-8-18-6-3-7-22(13-18)36-27(39)23-15-21(29(31,32)33)10-11-24(23)30/h3,6-7,10-11,13-17H,4-5,12H2,1-2H3,(H2,34,35)(H,36,39)(H,40,41). The maximum absolute atomic E-state index is 14.1. The number of rotatable bonds is 8. The van der Waals surface area contributed by atoms with Gasteiger partial charge in [0.15, 0.2) is 0 Å². The van der Waals surface area contributed by atoms with Crippen LogP contribution in [0.25, 0.3) is 0 Å². The Hall–Kier alpha value is -4.77. The minimum Gasteiger partial charge on any atom is -0.481 e. The van der Waals surface area contributed by atoms with Crippen LogP contribution in [0.3, 0.4) is 0 Å². The number of anilines is 2. The molecule has 14 heteroatoms. The second kappa shape index (κ2) is 13.5. The number of benzene rings is 2. The second-order valence-electron chi connectivity index (χ2n) is 9.58. The fourth-order valence-corrected chi connectivity index (χ4v) is 4.88. The van der Waals surface area contributed by atoms with Crippen molar-refractivity contribution in [3.63, 3.8) is 0 Å². The predicted octanol–water partition coefficient (Wildman–Crippen LogP) is 5.21. The summed E-state index contributed by atoms with van der Waals surface area (Å²) in [6.07, 6.45) is -1.74. The van der Waals surface area contributed by atoms with Crippen molar-refractivity contribution in [1.29, 1.82) is 0 Å². The number of aromatic nitrogens is 1. The van der Waals surface area contributed by atoms with Crippen LogP contribution in [0.15, 0.2) is 59.1 Å². The van der Waals surface area contributed by atoms with Gasteiger partial charge in [-0.25, -0.2) is 13.6 Å². The van der Waals surface area contributed by atoms with Gasteiger partial charge in [0.2, 0.25) is 0 Å². The zero-order chi connectivity index (χ0) is 31.9. The predicted molar refractivity (Wildman–Crippen MR) is 152 cm³/mol. The van der Waals surface area contributed by atoms with E-state index in [1.165, 1.54) is 37.4 Å². The maximum Gasteiger partial charge on any atom is 0.416 e. The summed E-state index contributed by atoms with van der Waals surface area (Å²) < 4.78 is 69.6. The first-order valence-electron chi connectivity index (χ1n) is 12.6. The Morgan fingerprint density at radius 1 is 1.14 bits per heavy atom. The number of carboxylic acid groups (broad SMARTS) is 1. The molecule has 2 aromatic carbocycles. The molecule has 0 aliphatic rings. The van der Waals surface area contributed by atoms with Crippen LogP contribution in [0, 0.1) is 23.6 Å². The first-order valence-corrected chi connectivity index (χ1v) is 14.7. The van der Waals surface area contributed by atoms with Crippen molar-refractivity contribution >= 4 is 39.0 Å². The summed E-state index contributed by atoms with van der Waals surface area (Å²) in [5.41, 5.74) is 4.48. The van der Waals surface area contributed by atoms with Gasteiger partial charge in [0, 0.05) is 29.5 Å². The molecule has 0 saturated carbocycles. The molecule has 0 fully saturated rings. The van der Waals surface area contributed by atoms with E-state index in [2.05, 4.69) is 26.5 Å². The minimum absolute atomic E-state index is 0.0200. The van der Waals surface area contributed by atoms with Crippen LogP contribution in [-0.2, 0) is 20.7 Å². The van der Waals surface area contributed by atoms with E-state index in [1.54, 1.807) is 6.07 Å². The van der Waals surface area contributed by atoms with Crippen LogP contribution in [0.1, 0.15) is 57.2 Å². The summed E-state index contributed by atoms with van der Waals surface area (Å²) >= 11 is 0. The number of alkyl halides is 3. The number of nitrogens with two attached hydrogens (primary N) is 1. The van der Waals surface area contributed by atoms with E-state index >= 15 is 0 Å². The van der Waals surface area contributed by atoms with E-state index in [0.29, 0.717) is 30.2 Å². The Morgan fingerprint density at radius 2 is 1.86 bits per heavy atom. The van der Waals surface area contributed by atoms with Crippen LogP contribution in [0.4, 0.5) is 29.1 Å². The molecule has 0 aliphatic heterocycles. The van der Waals surface area contributed by atoms with Crippen LogP contribution in [0.5, 0.6) is 0 Å². The highest BCUT2D eigenvalue weighted by molar-refractivity contribution is 7.93. The molecule has 3 aromatic rings. The first-order chi connectivity index (χ1) is 20.1. The van der Waals surface area contributed by atoms with Crippen molar-refractivity contribution in [1.82, 2.24) is 4.98 Å². The number of nitrogens with zero attached hydrogens (tertiary/aromatic N) is 2. The number of nitrogen functional groups attached to an aromatic ring is 1. The Labute approximate surface area is 244 Å². The van der Waals surface area contributed by atoms with Gasteiger partial charge in [0.1, 0.15) is 11.6 Å². The molecular formula is C29H26F4N4O5S. The molecule has 1 heterocycles. The quantitative estimate of drug-likeness (QED) is 0.231. The largest absolute Gasteiger partial charge is 0.481 e. The highest BCUT2D eigenvalue weighted by Crippen LogP contribution is 2.30. The number of carbonyl (C=O) groups excluding carboxylic acids is 2. The Balaban J connectivity index is 1.77. The SMILES string of the molecule is CC(CCCS(C)(=O)=NC(=O)c1cnc(N)c(C#Cc2cccc(NC(=O)c3cc(C(F)(F)F)ccc3F)c2)c1)C(=O)O. The fraction of sp³-hybridized carbons (Fsp3) is 0.241. The lowest BCUT2D eigenvalue weighted by molar-refractivity contribution is -0.141. The van der Waals surface area contributed by atoms with Crippen LogP contribution in [0.2, 0.25) is 0 Å². The van der Waals surface area contributed by atoms with Crippen molar-refractivity contribution in [3.05, 3.63) is 88.4 Å². The van der Waals surface area contributed by atoms with Gasteiger partial charge in [-0.3, -0.25) is 14.4 Å². The van der Waals surface area contributed by atoms with E-state index < -0.39 is 56.6 Å². The van der Waals surface area contributed by atoms with E-state index in [9.17, 15) is 36.2 Å². The zero-order valence-electron chi connectivity index (χ0n) is 22.9. The van der Waals surface area contributed by atoms with Gasteiger partial charge in [0.25, 0.3) is 11.8 Å². The molecule has 2 unspecified atom stereocenters. The van der Waals surface area contributed by atoms with Crippen LogP contribution in [-0.4, -0.2) is 44.1 Å². The lowest BCUT2D eigenvalue weighted by Gasteiger charge is -2.10. The molecule has 0 aliphatic carbocycles. The molecule has 0 spiro atoms. The molecule has 1 aromatic heterocycles. The first kappa shape index (κ1) is 32.7. The molecule has 3 rings (SSSR count). The number of amides is 2. The maximum atomic E-state index is 14.1. The summed E-state index contributed by atoms with van der Waals surface area (Å²) in [6.45, 7) is 1.53. The molecule has 0 bridgehead atoms. The van der Waals surface area contributed by atoms with Gasteiger partial charge in [0.05, 0.1) is 37.9 Å². The number of carbonyl (C=O) groups is 3. The number of hydrogen-bond donors (Lipinski definition) is 3. The van der Waals surface area contributed by atoms with Crippen LogP contribution < -0.4 is 11.1 Å². The van der Waals surface area contributed by atoms with Gasteiger partial charge in [-0.15, -0.1) is 0 Å². The van der Waals surface area contributed by atoms with Crippen molar-refractivity contribution < 1.29 is 41.3 Å². The number of aliphatic carboxylic acids is 1. The third-order valence-corrected chi connectivity index (χ3v) is 7.62. The number of hydrogen-bond acceptors (Lipinski definition) is 6. The van der Waals surface area contributed by atoms with E-state index in [1.807, 2.05) is 0 Å². The lowest BCUT2D eigenvalue weighted by Crippen LogP contribution is -2.16. The summed E-state index contributed by atoms with van der Waals surface area (Å²) in [5, 5.41) is 11.3. The molecule has 9 nitrogen and oxygen atoms in total. The number of pyridine rings is 1. The minimum atomic E-state index is -4.76. The highest BCUT2D eigenvalue weighted by Gasteiger charge is 2.32. The zero-order valence-corrected chi connectivity index (χ0v) is 23.7. The van der Waals surface area contributed by atoms with Gasteiger partial charge < -0.3 is 16.2 Å². The molecule has 226 valence electrons. The topological polar surface area (TPSA) is 152 Å². The number of nitrogens with one attached hydrogen (secondary N) is 1. The second-order valence-corrected chi connectivity index (χ2v) is 12.1. The van der Waals surface area contributed by atoms with E-state index in [0.717, 1.165) is 6.20 Å². The average Bonchev–Trinajstić information content (AvgIpc) is 2.91. The van der Waals surface area contributed by atoms with Crippen molar-refractivity contribution in [2.24, 2.45) is 10.3 Å². The third-order valence-electron chi connectivity index (χ3n) is 6.02. The van der Waals surface area contributed by atoms with Crippen LogP contribution >= 0.6 is 0 Å². The van der Waals surface area contributed by atoms with E-state index in [-0.39, 0.29) is 34.8 Å². The highest BCUT2D eigenvalue weighted by atomic mass is 32.2. The molecule has 0 radical (unpaired) electrons. The number of halogens is 4. The Bertz CT molecular complexity index is 1760. The smallest absolute Gasteiger partial charge is 0.416 e. The van der Waals surface area contributed by atoms with Gasteiger partial charge in [-0.1, -0.05) is 24.8 Å². The van der Waals surface area contributed by atoms with Crippen molar-refractivity contribution in [2.75, 3.05) is 23.1 Å². The Morgan fingerprint density at radius 3 is 2.53 bits per heavy atom. The summed E-state index contributed by atoms with van der Waals surface area (Å²) in [7, 11) is -2.95. The molecule has 2 atom stereocenters. The Kier molecular flexibility index (Phi) is 10.3. The number of carboxylic acids is 1. The molecule has 4 N–H and O–H groups in total. The molecule has 43 heavy (non-hydrogen) atoms. The van der Waals surface area contributed by atoms with E-state index in [4.69, 9.17) is 10.8 Å². The summed E-state index contributed by atoms with van der Waals surface area (Å²) in [5.74, 6) is 0.871. The molecule has 2 amide bonds. The van der Waals surface area contributed by atoms with Crippen molar-refractivity contribution in [2.45, 2.75) is 25.9 Å². The fourth-order valence-electron chi connectivity index (χ4n) is 3.64. The lowest BCUT2D eigenvalue weighted by atomic mass is 10.1. The normalized spacial score (nSPS) is 13.2. The van der Waals surface area contributed by atoms with Gasteiger partial charge >= 0.3 is 12.1 Å². The van der Waals surface area contributed by atoms with Crippen molar-refractivity contribution in [3.8, 4) is 11.8 Å². The molecule has 0 saturated heterocycles.